The number of nitrogens with zero attached hydrogens (tertiary/aromatic N) is 3. The minimum atomic E-state index is 0.509. The highest BCUT2D eigenvalue weighted by atomic mass is 15.2. The summed E-state index contributed by atoms with van der Waals surface area (Å²) in [7, 11) is 0. The standard InChI is InChI=1S/C16H24N4/c1-12-7-6-8-14-15(12)20(16(17)18-14)11-13(2)19-9-4-3-5-10-19/h6-8,13H,3-5,9-11H2,1-2H3,(H2,17,18). The molecule has 0 bridgehead atoms. The van der Waals surface area contributed by atoms with Gasteiger partial charge in [-0.15, -0.1) is 0 Å². The summed E-state index contributed by atoms with van der Waals surface area (Å²) in [4.78, 5) is 7.07. The summed E-state index contributed by atoms with van der Waals surface area (Å²) in [6.07, 6.45) is 4.02. The fourth-order valence-electron chi connectivity index (χ4n) is 3.31. The van der Waals surface area contributed by atoms with Crippen LogP contribution in [0.1, 0.15) is 31.7 Å². The van der Waals surface area contributed by atoms with E-state index in [1.165, 1.54) is 43.4 Å². The Balaban J connectivity index is 1.88. The molecule has 4 nitrogen and oxygen atoms in total. The van der Waals surface area contributed by atoms with Crippen molar-refractivity contribution in [2.24, 2.45) is 0 Å². The molecule has 1 atom stereocenters. The minimum Gasteiger partial charge on any atom is -0.369 e. The second-order valence-electron chi connectivity index (χ2n) is 5.97. The van der Waals surface area contributed by atoms with Gasteiger partial charge in [-0.25, -0.2) is 4.98 Å². The Labute approximate surface area is 120 Å². The molecule has 1 fully saturated rings. The number of benzene rings is 1. The van der Waals surface area contributed by atoms with E-state index < -0.39 is 0 Å². The quantitative estimate of drug-likeness (QED) is 0.934. The Morgan fingerprint density at radius 3 is 2.75 bits per heavy atom. The second-order valence-corrected chi connectivity index (χ2v) is 5.97. The molecule has 2 heterocycles. The Morgan fingerprint density at radius 2 is 2.00 bits per heavy atom. The fraction of sp³-hybridized carbons (Fsp3) is 0.562. The van der Waals surface area contributed by atoms with E-state index in [0.717, 1.165) is 12.1 Å². The van der Waals surface area contributed by atoms with E-state index in [4.69, 9.17) is 5.73 Å². The van der Waals surface area contributed by atoms with E-state index >= 15 is 0 Å². The van der Waals surface area contributed by atoms with Gasteiger partial charge in [0.15, 0.2) is 0 Å². The molecule has 2 N–H and O–H groups in total. The van der Waals surface area contributed by atoms with Gasteiger partial charge in [0, 0.05) is 12.6 Å². The van der Waals surface area contributed by atoms with E-state index in [1.54, 1.807) is 0 Å². The van der Waals surface area contributed by atoms with Crippen LogP contribution in [-0.4, -0.2) is 33.6 Å². The number of nitrogens with two attached hydrogens (primary N) is 1. The Morgan fingerprint density at radius 1 is 1.25 bits per heavy atom. The van der Waals surface area contributed by atoms with Crippen molar-refractivity contribution in [2.45, 2.75) is 45.7 Å². The number of para-hydroxylation sites is 1. The molecule has 4 heteroatoms. The average molecular weight is 272 g/mol. The monoisotopic (exact) mass is 272 g/mol. The lowest BCUT2D eigenvalue weighted by Crippen LogP contribution is -2.39. The summed E-state index contributed by atoms with van der Waals surface area (Å²) in [6.45, 7) is 7.78. The molecule has 1 saturated heterocycles. The average Bonchev–Trinajstić information content (AvgIpc) is 2.77. The van der Waals surface area contributed by atoms with Crippen molar-refractivity contribution >= 4 is 17.0 Å². The van der Waals surface area contributed by atoms with Crippen LogP contribution in [0.3, 0.4) is 0 Å². The number of imidazole rings is 1. The molecule has 0 aliphatic carbocycles. The molecule has 108 valence electrons. The van der Waals surface area contributed by atoms with E-state index in [0.29, 0.717) is 12.0 Å². The third-order valence-corrected chi connectivity index (χ3v) is 4.46. The van der Waals surface area contributed by atoms with Crippen molar-refractivity contribution in [3.63, 3.8) is 0 Å². The number of aryl methyl sites for hydroxylation is 1. The van der Waals surface area contributed by atoms with Crippen molar-refractivity contribution in [1.82, 2.24) is 14.5 Å². The maximum Gasteiger partial charge on any atom is 0.201 e. The second kappa shape index (κ2) is 5.44. The lowest BCUT2D eigenvalue weighted by molar-refractivity contribution is 0.161. The van der Waals surface area contributed by atoms with Gasteiger partial charge in [0.2, 0.25) is 5.95 Å². The Kier molecular flexibility index (Phi) is 3.66. The van der Waals surface area contributed by atoms with Crippen molar-refractivity contribution in [3.8, 4) is 0 Å². The minimum absolute atomic E-state index is 0.509. The summed E-state index contributed by atoms with van der Waals surface area (Å²) in [5, 5.41) is 0. The Bertz CT molecular complexity index is 596. The van der Waals surface area contributed by atoms with Gasteiger partial charge in [-0.1, -0.05) is 18.6 Å². The van der Waals surface area contributed by atoms with E-state index in [2.05, 4.69) is 34.4 Å². The molecule has 1 aromatic heterocycles. The molecule has 0 spiro atoms. The summed E-state index contributed by atoms with van der Waals surface area (Å²) in [5.41, 5.74) is 9.58. The number of hydrogen-bond donors (Lipinski definition) is 1. The number of fused-ring (bicyclic) bond motifs is 1. The van der Waals surface area contributed by atoms with Gasteiger partial charge in [-0.2, -0.15) is 0 Å². The van der Waals surface area contributed by atoms with Crippen LogP contribution in [0.25, 0.3) is 11.0 Å². The van der Waals surface area contributed by atoms with Gasteiger partial charge in [0.25, 0.3) is 0 Å². The molecule has 0 saturated carbocycles. The van der Waals surface area contributed by atoms with Crippen molar-refractivity contribution in [2.75, 3.05) is 18.8 Å². The topological polar surface area (TPSA) is 47.1 Å². The van der Waals surface area contributed by atoms with Crippen LogP contribution >= 0.6 is 0 Å². The van der Waals surface area contributed by atoms with Crippen LogP contribution < -0.4 is 5.73 Å². The van der Waals surface area contributed by atoms with Gasteiger partial charge in [-0.3, -0.25) is 4.90 Å². The van der Waals surface area contributed by atoms with Crippen LogP contribution in [0.15, 0.2) is 18.2 Å². The highest BCUT2D eigenvalue weighted by Gasteiger charge is 2.19. The van der Waals surface area contributed by atoms with E-state index in [-0.39, 0.29) is 0 Å². The smallest absolute Gasteiger partial charge is 0.201 e. The predicted molar refractivity (Wildman–Crippen MR) is 83.8 cm³/mol. The van der Waals surface area contributed by atoms with Crippen LogP contribution in [0, 0.1) is 6.92 Å². The lowest BCUT2D eigenvalue weighted by Gasteiger charge is -2.32. The SMILES string of the molecule is Cc1cccc2nc(N)n(CC(C)N3CCCCC3)c12. The highest BCUT2D eigenvalue weighted by Crippen LogP contribution is 2.23. The number of likely N-dealkylation sites (tertiary alicyclic amines) is 1. The summed E-state index contributed by atoms with van der Waals surface area (Å²) < 4.78 is 2.18. The largest absolute Gasteiger partial charge is 0.369 e. The predicted octanol–water partition coefficient (Wildman–Crippen LogP) is 2.80. The van der Waals surface area contributed by atoms with Crippen LogP contribution in [0.2, 0.25) is 0 Å². The number of anilines is 1. The Hall–Kier alpha value is -1.55. The van der Waals surface area contributed by atoms with Crippen LogP contribution in [0.5, 0.6) is 0 Å². The molecule has 1 aliphatic heterocycles. The summed E-state index contributed by atoms with van der Waals surface area (Å²) >= 11 is 0. The van der Waals surface area contributed by atoms with Crippen molar-refractivity contribution < 1.29 is 0 Å². The molecule has 3 rings (SSSR count). The number of nitrogen functional groups attached to an aromatic ring is 1. The summed E-state index contributed by atoms with van der Waals surface area (Å²) in [5.74, 6) is 0.637. The van der Waals surface area contributed by atoms with Crippen molar-refractivity contribution in [1.29, 1.82) is 0 Å². The molecular weight excluding hydrogens is 248 g/mol. The number of piperidine rings is 1. The normalized spacial score (nSPS) is 18.5. The third-order valence-electron chi connectivity index (χ3n) is 4.46. The molecular formula is C16H24N4. The molecule has 0 radical (unpaired) electrons. The molecule has 1 aliphatic rings. The first kappa shape index (κ1) is 13.4. The van der Waals surface area contributed by atoms with Crippen molar-refractivity contribution in [3.05, 3.63) is 23.8 Å². The van der Waals surface area contributed by atoms with Gasteiger partial charge < -0.3 is 10.3 Å². The van der Waals surface area contributed by atoms with Gasteiger partial charge in [0.1, 0.15) is 0 Å². The molecule has 20 heavy (non-hydrogen) atoms. The van der Waals surface area contributed by atoms with Crippen LogP contribution in [0.4, 0.5) is 5.95 Å². The maximum absolute atomic E-state index is 6.13. The molecule has 2 aromatic rings. The van der Waals surface area contributed by atoms with Crippen LogP contribution in [-0.2, 0) is 6.54 Å². The molecule has 0 amide bonds. The zero-order chi connectivity index (χ0) is 14.1. The number of aromatic nitrogens is 2. The van der Waals surface area contributed by atoms with Gasteiger partial charge in [-0.05, 0) is 51.4 Å². The summed E-state index contributed by atoms with van der Waals surface area (Å²) in [6, 6.07) is 6.73. The zero-order valence-electron chi connectivity index (χ0n) is 12.5. The molecule has 1 unspecified atom stereocenters. The molecule has 1 aromatic carbocycles. The van der Waals surface area contributed by atoms with Gasteiger partial charge in [0.05, 0.1) is 11.0 Å². The number of hydrogen-bond acceptors (Lipinski definition) is 3. The lowest BCUT2D eigenvalue weighted by atomic mass is 10.1. The first-order valence-electron chi connectivity index (χ1n) is 7.62. The van der Waals surface area contributed by atoms with E-state index in [1.807, 2.05) is 12.1 Å². The number of rotatable bonds is 3. The fourth-order valence-corrected chi connectivity index (χ4v) is 3.31. The van der Waals surface area contributed by atoms with E-state index in [9.17, 15) is 0 Å². The van der Waals surface area contributed by atoms with Gasteiger partial charge >= 0.3 is 0 Å². The highest BCUT2D eigenvalue weighted by molar-refractivity contribution is 5.81. The third kappa shape index (κ3) is 2.40. The first-order chi connectivity index (χ1) is 9.66. The first-order valence-corrected chi connectivity index (χ1v) is 7.62. The maximum atomic E-state index is 6.13. The zero-order valence-corrected chi connectivity index (χ0v) is 12.5.